The molecule has 0 aromatic heterocycles. The smallest absolute Gasteiger partial charge is 1.00 e. The standard InChI is InChI=1S/C8H12.3ClH.Rh/c1-2-4-6-8-7-5-3-1;;;;/h1-2,7-8H,3-6H2;3*1H;/q;;;;+3/p-3. The molecule has 0 bridgehead atoms. The average Bonchev–Trinajstić information content (AvgIpc) is 1.62. The number of hydrogen-bond acceptors (Lipinski definition) is 0. The Morgan fingerprint density at radius 2 is 0.667 bits per heavy atom. The maximum absolute atomic E-state index is 2.27. The van der Waals surface area contributed by atoms with Crippen LogP contribution in [0.2, 0.25) is 0 Å². The molecule has 74 valence electrons. The van der Waals surface area contributed by atoms with Crippen LogP contribution in [0.1, 0.15) is 25.7 Å². The first kappa shape index (κ1) is 23.1. The number of allylic oxidation sites excluding steroid dienone is 4. The predicted molar refractivity (Wildman–Crippen MR) is 36.7 cm³/mol. The van der Waals surface area contributed by atoms with Gasteiger partial charge in [0.05, 0.1) is 0 Å². The zero-order valence-electron chi connectivity index (χ0n) is 6.61. The Hall–Kier alpha value is 0.973. The van der Waals surface area contributed by atoms with Gasteiger partial charge in [-0.25, -0.2) is 0 Å². The second kappa shape index (κ2) is 17.9. The van der Waals surface area contributed by atoms with Crippen LogP contribution >= 0.6 is 0 Å². The van der Waals surface area contributed by atoms with Crippen LogP contribution in [0.25, 0.3) is 0 Å². The van der Waals surface area contributed by atoms with Crippen molar-refractivity contribution in [3.63, 3.8) is 0 Å². The minimum absolute atomic E-state index is 0. The van der Waals surface area contributed by atoms with Crippen LogP contribution in [0.15, 0.2) is 24.3 Å². The van der Waals surface area contributed by atoms with E-state index in [-0.39, 0.29) is 56.7 Å². The summed E-state index contributed by atoms with van der Waals surface area (Å²) in [5.74, 6) is 0. The van der Waals surface area contributed by atoms with E-state index in [0.29, 0.717) is 0 Å². The van der Waals surface area contributed by atoms with E-state index >= 15 is 0 Å². The molecular weight excluding hydrogens is 305 g/mol. The molecular formula is C8H12Cl3Rh. The number of halogens is 3. The van der Waals surface area contributed by atoms with Crippen molar-refractivity contribution in [3.8, 4) is 0 Å². The molecule has 0 fully saturated rings. The van der Waals surface area contributed by atoms with E-state index < -0.39 is 0 Å². The molecule has 4 heteroatoms. The minimum Gasteiger partial charge on any atom is -1.00 e. The van der Waals surface area contributed by atoms with Gasteiger partial charge in [0, 0.05) is 0 Å². The second-order valence-corrected chi connectivity index (χ2v) is 2.10. The maximum Gasteiger partial charge on any atom is 3.00 e. The first-order valence-electron chi connectivity index (χ1n) is 3.30. The quantitative estimate of drug-likeness (QED) is 0.308. The molecule has 0 aromatic rings. The van der Waals surface area contributed by atoms with Gasteiger partial charge in [0.25, 0.3) is 0 Å². The Morgan fingerprint density at radius 3 is 0.833 bits per heavy atom. The summed E-state index contributed by atoms with van der Waals surface area (Å²) in [6.07, 6.45) is 14.0. The molecule has 1 aliphatic carbocycles. The fourth-order valence-electron chi connectivity index (χ4n) is 0.856. The Morgan fingerprint density at radius 1 is 0.500 bits per heavy atom. The van der Waals surface area contributed by atoms with Gasteiger partial charge in [0.2, 0.25) is 0 Å². The topological polar surface area (TPSA) is 0 Å². The zero-order chi connectivity index (χ0) is 5.66. The fraction of sp³-hybridized carbons (Fsp3) is 0.500. The normalized spacial score (nSPS) is 13.3. The first-order chi connectivity index (χ1) is 4.00. The molecule has 1 aliphatic rings. The van der Waals surface area contributed by atoms with Crippen LogP contribution in [0.5, 0.6) is 0 Å². The van der Waals surface area contributed by atoms with Gasteiger partial charge in [-0.3, -0.25) is 0 Å². The molecule has 0 N–H and O–H groups in total. The van der Waals surface area contributed by atoms with Crippen LogP contribution in [-0.4, -0.2) is 0 Å². The van der Waals surface area contributed by atoms with Crippen LogP contribution < -0.4 is 37.2 Å². The van der Waals surface area contributed by atoms with E-state index in [1.165, 1.54) is 25.7 Å². The van der Waals surface area contributed by atoms with Crippen molar-refractivity contribution in [2.24, 2.45) is 0 Å². The van der Waals surface area contributed by atoms with Gasteiger partial charge in [-0.2, -0.15) is 0 Å². The van der Waals surface area contributed by atoms with Crippen LogP contribution in [0, 0.1) is 0 Å². The molecule has 0 aromatic carbocycles. The van der Waals surface area contributed by atoms with Crippen molar-refractivity contribution in [3.05, 3.63) is 24.3 Å². The van der Waals surface area contributed by atoms with Crippen molar-refractivity contribution in [1.29, 1.82) is 0 Å². The summed E-state index contributed by atoms with van der Waals surface area (Å²) in [6.45, 7) is 0. The number of hydrogen-bond donors (Lipinski definition) is 0. The van der Waals surface area contributed by atoms with Gasteiger partial charge >= 0.3 is 19.5 Å². The van der Waals surface area contributed by atoms with E-state index in [2.05, 4.69) is 24.3 Å². The van der Waals surface area contributed by atoms with E-state index in [4.69, 9.17) is 0 Å². The van der Waals surface area contributed by atoms with Crippen molar-refractivity contribution in [2.75, 3.05) is 0 Å². The molecule has 0 radical (unpaired) electrons. The summed E-state index contributed by atoms with van der Waals surface area (Å²) in [5, 5.41) is 0. The molecule has 1 rings (SSSR count). The van der Waals surface area contributed by atoms with Gasteiger partial charge in [0.1, 0.15) is 0 Å². The maximum atomic E-state index is 2.27. The Kier molecular flexibility index (Phi) is 34.5. The summed E-state index contributed by atoms with van der Waals surface area (Å²) in [4.78, 5) is 0. The van der Waals surface area contributed by atoms with E-state index in [1.807, 2.05) is 0 Å². The number of rotatable bonds is 0. The summed E-state index contributed by atoms with van der Waals surface area (Å²) in [7, 11) is 0. The van der Waals surface area contributed by atoms with Crippen LogP contribution in [-0.2, 0) is 19.5 Å². The Bertz CT molecular complexity index is 86.9. The van der Waals surface area contributed by atoms with E-state index in [9.17, 15) is 0 Å². The van der Waals surface area contributed by atoms with Crippen molar-refractivity contribution < 1.29 is 56.7 Å². The summed E-state index contributed by atoms with van der Waals surface area (Å²) in [5.41, 5.74) is 0. The largest absolute Gasteiger partial charge is 3.00 e. The minimum atomic E-state index is 0. The monoisotopic (exact) mass is 316 g/mol. The van der Waals surface area contributed by atoms with Crippen LogP contribution in [0.3, 0.4) is 0 Å². The van der Waals surface area contributed by atoms with Crippen LogP contribution in [0.4, 0.5) is 0 Å². The molecule has 0 nitrogen and oxygen atoms in total. The molecule has 0 saturated carbocycles. The average molecular weight is 317 g/mol. The summed E-state index contributed by atoms with van der Waals surface area (Å²) in [6, 6.07) is 0. The third kappa shape index (κ3) is 13.6. The van der Waals surface area contributed by atoms with Gasteiger partial charge in [-0.05, 0) is 25.7 Å². The van der Waals surface area contributed by atoms with Gasteiger partial charge in [-0.1, -0.05) is 24.3 Å². The third-order valence-corrected chi connectivity index (χ3v) is 1.33. The summed E-state index contributed by atoms with van der Waals surface area (Å²) < 4.78 is 0. The Balaban J connectivity index is -0.0000000800. The molecule has 0 saturated heterocycles. The van der Waals surface area contributed by atoms with Crippen molar-refractivity contribution >= 4 is 0 Å². The van der Waals surface area contributed by atoms with Gasteiger partial charge < -0.3 is 37.2 Å². The molecule has 0 unspecified atom stereocenters. The molecule has 0 spiro atoms. The van der Waals surface area contributed by atoms with E-state index in [0.717, 1.165) is 0 Å². The third-order valence-electron chi connectivity index (χ3n) is 1.33. The Labute approximate surface area is 106 Å². The van der Waals surface area contributed by atoms with E-state index in [1.54, 1.807) is 0 Å². The SMILES string of the molecule is C1=CCCC=CCC1.[Cl-].[Cl-].[Cl-].[Rh+3]. The molecule has 12 heavy (non-hydrogen) atoms. The molecule has 0 heterocycles. The van der Waals surface area contributed by atoms with Crippen molar-refractivity contribution in [1.82, 2.24) is 0 Å². The molecule has 0 amide bonds. The van der Waals surface area contributed by atoms with Gasteiger partial charge in [-0.15, -0.1) is 0 Å². The predicted octanol–water partition coefficient (Wildman–Crippen LogP) is -6.32. The molecule has 0 atom stereocenters. The molecule has 0 aliphatic heterocycles. The zero-order valence-corrected chi connectivity index (χ0v) is 10.5. The first-order valence-corrected chi connectivity index (χ1v) is 3.30. The van der Waals surface area contributed by atoms with Gasteiger partial charge in [0.15, 0.2) is 0 Å². The second-order valence-electron chi connectivity index (χ2n) is 2.10. The summed E-state index contributed by atoms with van der Waals surface area (Å²) >= 11 is 0. The van der Waals surface area contributed by atoms with Crippen molar-refractivity contribution in [2.45, 2.75) is 25.7 Å². The fourth-order valence-corrected chi connectivity index (χ4v) is 0.856.